The number of aryl methyl sites for hydroxylation is 2. The summed E-state index contributed by atoms with van der Waals surface area (Å²) in [6.07, 6.45) is 5.08. The number of amides is 1. The Morgan fingerprint density at radius 1 is 1.11 bits per heavy atom. The lowest BCUT2D eigenvalue weighted by Crippen LogP contribution is -2.40. The van der Waals surface area contributed by atoms with Gasteiger partial charge in [-0.25, -0.2) is 0 Å². The van der Waals surface area contributed by atoms with Gasteiger partial charge in [0, 0.05) is 37.3 Å². The molecule has 1 aliphatic carbocycles. The van der Waals surface area contributed by atoms with Gasteiger partial charge in [-0.1, -0.05) is 6.42 Å². The molecule has 1 N–H and O–H groups in total. The number of ether oxygens (including phenoxy) is 2. The molecule has 7 nitrogen and oxygen atoms in total. The first-order chi connectivity index (χ1) is 12.9. The van der Waals surface area contributed by atoms with E-state index >= 15 is 0 Å². The fraction of sp³-hybridized carbons (Fsp3) is 0.450. The van der Waals surface area contributed by atoms with Gasteiger partial charge < -0.3 is 14.8 Å². The Labute approximate surface area is 157 Å². The summed E-state index contributed by atoms with van der Waals surface area (Å²) in [5, 5.41) is 6.86. The molecule has 0 radical (unpaired) electrons. The summed E-state index contributed by atoms with van der Waals surface area (Å²) < 4.78 is 13.7. The van der Waals surface area contributed by atoms with Crippen molar-refractivity contribution < 1.29 is 19.1 Å². The number of nitrogens with one attached hydrogen (secondary N) is 1. The third kappa shape index (κ3) is 3.07. The first-order valence-electron chi connectivity index (χ1n) is 9.26. The molecule has 0 bridgehead atoms. The third-order valence-electron chi connectivity index (χ3n) is 5.35. The standard InChI is InChI=1S/C20H23N3O4/c1-12-17(13(2)23(3)22-12)18(24)19(25)21-14-7-8-15-16(11-14)27-20(26-15)9-5-4-6-10-20/h7-8,11H,4-6,9-10H2,1-3H3,(H,21,25). The highest BCUT2D eigenvalue weighted by Gasteiger charge is 2.42. The number of rotatable bonds is 3. The van der Waals surface area contributed by atoms with Crippen LogP contribution in [0.1, 0.15) is 53.8 Å². The second kappa shape index (κ2) is 6.40. The van der Waals surface area contributed by atoms with Crippen molar-refractivity contribution in [3.63, 3.8) is 0 Å². The SMILES string of the molecule is Cc1nn(C)c(C)c1C(=O)C(=O)Nc1ccc2c(c1)OC1(CCCCC1)O2. The zero-order valence-corrected chi connectivity index (χ0v) is 15.8. The maximum absolute atomic E-state index is 12.6. The number of anilines is 1. The van der Waals surface area contributed by atoms with Crippen LogP contribution in [0.15, 0.2) is 18.2 Å². The van der Waals surface area contributed by atoms with Gasteiger partial charge in [0.25, 0.3) is 17.5 Å². The van der Waals surface area contributed by atoms with Gasteiger partial charge in [0.15, 0.2) is 11.5 Å². The van der Waals surface area contributed by atoms with Crippen molar-refractivity contribution in [3.8, 4) is 11.5 Å². The quantitative estimate of drug-likeness (QED) is 0.663. The van der Waals surface area contributed by atoms with Crippen molar-refractivity contribution in [1.29, 1.82) is 0 Å². The summed E-state index contributed by atoms with van der Waals surface area (Å²) in [5.41, 5.74) is 2.05. The molecule has 142 valence electrons. The van der Waals surface area contributed by atoms with Crippen LogP contribution in [0, 0.1) is 13.8 Å². The van der Waals surface area contributed by atoms with Crippen LogP contribution in [0.2, 0.25) is 0 Å². The van der Waals surface area contributed by atoms with Gasteiger partial charge in [0.05, 0.1) is 11.3 Å². The minimum Gasteiger partial charge on any atom is -0.448 e. The summed E-state index contributed by atoms with van der Waals surface area (Å²) in [6, 6.07) is 5.21. The van der Waals surface area contributed by atoms with Gasteiger partial charge >= 0.3 is 0 Å². The summed E-state index contributed by atoms with van der Waals surface area (Å²) in [4.78, 5) is 25.0. The highest BCUT2D eigenvalue weighted by atomic mass is 16.7. The van der Waals surface area contributed by atoms with Gasteiger partial charge in [-0.15, -0.1) is 0 Å². The molecular weight excluding hydrogens is 346 g/mol. The average Bonchev–Trinajstić information content (AvgIpc) is 3.10. The number of nitrogens with zero attached hydrogens (tertiary/aromatic N) is 2. The number of fused-ring (bicyclic) bond motifs is 1. The van der Waals surface area contributed by atoms with Gasteiger partial charge in [-0.2, -0.15) is 5.10 Å². The Hall–Kier alpha value is -2.83. The normalized spacial score (nSPS) is 17.1. The second-order valence-electron chi connectivity index (χ2n) is 7.29. The van der Waals surface area contributed by atoms with Crippen molar-refractivity contribution >= 4 is 17.4 Å². The van der Waals surface area contributed by atoms with E-state index in [2.05, 4.69) is 10.4 Å². The molecule has 0 atom stereocenters. The zero-order chi connectivity index (χ0) is 19.2. The number of benzene rings is 1. The monoisotopic (exact) mass is 369 g/mol. The lowest BCUT2D eigenvalue weighted by atomic mass is 9.94. The van der Waals surface area contributed by atoms with Crippen LogP contribution in [0.25, 0.3) is 0 Å². The van der Waals surface area contributed by atoms with Crippen LogP contribution >= 0.6 is 0 Å². The van der Waals surface area contributed by atoms with Crippen molar-refractivity contribution in [1.82, 2.24) is 9.78 Å². The zero-order valence-electron chi connectivity index (χ0n) is 15.8. The van der Waals surface area contributed by atoms with Gasteiger partial charge in [0.2, 0.25) is 0 Å². The van der Waals surface area contributed by atoms with Crippen LogP contribution < -0.4 is 14.8 Å². The predicted octanol–water partition coefficient (Wildman–Crippen LogP) is 3.29. The number of carbonyl (C=O) groups is 2. The Morgan fingerprint density at radius 2 is 1.81 bits per heavy atom. The van der Waals surface area contributed by atoms with Crippen LogP contribution in [0.5, 0.6) is 11.5 Å². The number of hydrogen-bond donors (Lipinski definition) is 1. The molecule has 2 heterocycles. The molecule has 2 aromatic rings. The van der Waals surface area contributed by atoms with E-state index in [-0.39, 0.29) is 0 Å². The Kier molecular flexibility index (Phi) is 4.17. The minimum atomic E-state index is -0.694. The van der Waals surface area contributed by atoms with E-state index in [1.165, 1.54) is 6.42 Å². The maximum atomic E-state index is 12.6. The highest BCUT2D eigenvalue weighted by Crippen LogP contribution is 2.46. The van der Waals surface area contributed by atoms with E-state index in [4.69, 9.17) is 9.47 Å². The topological polar surface area (TPSA) is 82.5 Å². The van der Waals surface area contributed by atoms with Crippen LogP contribution in [-0.2, 0) is 11.8 Å². The predicted molar refractivity (Wildman–Crippen MR) is 99.2 cm³/mol. The lowest BCUT2D eigenvalue weighted by molar-refractivity contribution is -0.112. The number of ketones is 1. The molecule has 7 heteroatoms. The van der Waals surface area contributed by atoms with Crippen LogP contribution in [-0.4, -0.2) is 27.3 Å². The first-order valence-corrected chi connectivity index (χ1v) is 9.26. The minimum absolute atomic E-state index is 0.344. The molecule has 27 heavy (non-hydrogen) atoms. The Bertz CT molecular complexity index is 926. The van der Waals surface area contributed by atoms with Crippen molar-refractivity contribution in [2.75, 3.05) is 5.32 Å². The molecule has 1 aliphatic heterocycles. The summed E-state index contributed by atoms with van der Waals surface area (Å²) >= 11 is 0. The van der Waals surface area contributed by atoms with E-state index in [1.54, 1.807) is 43.8 Å². The van der Waals surface area contributed by atoms with E-state index in [0.29, 0.717) is 34.1 Å². The molecule has 1 amide bonds. The molecule has 0 unspecified atom stereocenters. The highest BCUT2D eigenvalue weighted by molar-refractivity contribution is 6.47. The first kappa shape index (κ1) is 17.6. The molecule has 2 aliphatic rings. The maximum Gasteiger partial charge on any atom is 0.296 e. The number of Topliss-reactive ketones (excluding diaryl/α,β-unsaturated/α-hetero) is 1. The molecule has 1 spiro atoms. The fourth-order valence-electron chi connectivity index (χ4n) is 3.87. The lowest BCUT2D eigenvalue weighted by Gasteiger charge is -2.31. The van der Waals surface area contributed by atoms with E-state index in [1.807, 2.05) is 0 Å². The Balaban J connectivity index is 1.50. The van der Waals surface area contributed by atoms with Crippen molar-refractivity contribution in [3.05, 3.63) is 35.2 Å². The van der Waals surface area contributed by atoms with Crippen molar-refractivity contribution in [2.45, 2.75) is 51.7 Å². The number of hydrogen-bond acceptors (Lipinski definition) is 5. The van der Waals surface area contributed by atoms with E-state index in [0.717, 1.165) is 25.7 Å². The molecule has 1 aromatic heterocycles. The summed E-state index contributed by atoms with van der Waals surface area (Å²) in [7, 11) is 1.75. The molecule has 4 rings (SSSR count). The van der Waals surface area contributed by atoms with Gasteiger partial charge in [-0.05, 0) is 38.8 Å². The smallest absolute Gasteiger partial charge is 0.296 e. The van der Waals surface area contributed by atoms with Crippen LogP contribution in [0.4, 0.5) is 5.69 Å². The van der Waals surface area contributed by atoms with E-state index in [9.17, 15) is 9.59 Å². The second-order valence-corrected chi connectivity index (χ2v) is 7.29. The molecular formula is C20H23N3O4. The molecule has 1 fully saturated rings. The van der Waals surface area contributed by atoms with Gasteiger partial charge in [0.1, 0.15) is 0 Å². The van der Waals surface area contributed by atoms with Crippen LogP contribution in [0.3, 0.4) is 0 Å². The largest absolute Gasteiger partial charge is 0.448 e. The van der Waals surface area contributed by atoms with Crippen molar-refractivity contribution in [2.24, 2.45) is 7.05 Å². The summed E-state index contributed by atoms with van der Waals surface area (Å²) in [6.45, 7) is 3.49. The third-order valence-corrected chi connectivity index (χ3v) is 5.35. The molecule has 0 saturated heterocycles. The number of aromatic nitrogens is 2. The molecule has 1 aromatic carbocycles. The summed E-state index contributed by atoms with van der Waals surface area (Å²) in [5.74, 6) is -0.570. The Morgan fingerprint density at radius 3 is 2.48 bits per heavy atom. The number of carbonyl (C=O) groups excluding carboxylic acids is 2. The van der Waals surface area contributed by atoms with Gasteiger partial charge in [-0.3, -0.25) is 14.3 Å². The fourth-order valence-corrected chi connectivity index (χ4v) is 3.87. The molecule has 1 saturated carbocycles. The average molecular weight is 369 g/mol. The van der Waals surface area contributed by atoms with E-state index < -0.39 is 17.5 Å².